The number of hydrogen-bond donors (Lipinski definition) is 2. The Kier molecular flexibility index (Phi) is 4.61. The van der Waals surface area contributed by atoms with Gasteiger partial charge in [-0.1, -0.05) is 0 Å². The Morgan fingerprint density at radius 1 is 1.33 bits per heavy atom. The molecule has 7 heteroatoms. The van der Waals surface area contributed by atoms with Crippen molar-refractivity contribution in [2.45, 2.75) is 26.4 Å². The molecular formula is C17H20N4O3. The molecule has 2 heterocycles. The fraction of sp³-hybridized carbons (Fsp3) is 0.353. The van der Waals surface area contributed by atoms with E-state index in [2.05, 4.69) is 9.97 Å². The molecule has 0 aliphatic carbocycles. The van der Waals surface area contributed by atoms with Crippen molar-refractivity contribution in [2.24, 2.45) is 5.73 Å². The number of fused-ring (bicyclic) bond motifs is 1. The van der Waals surface area contributed by atoms with Crippen LogP contribution in [-0.2, 0) is 13.1 Å². The quantitative estimate of drug-likeness (QED) is 0.796. The Hall–Kier alpha value is -2.67. The molecule has 1 aromatic heterocycles. The number of nitrogens with zero attached hydrogens (tertiary/aromatic N) is 2. The van der Waals surface area contributed by atoms with Gasteiger partial charge in [0.2, 0.25) is 0 Å². The van der Waals surface area contributed by atoms with E-state index in [0.717, 1.165) is 6.42 Å². The van der Waals surface area contributed by atoms with Crippen molar-refractivity contribution in [1.29, 1.82) is 0 Å². The molecule has 126 valence electrons. The number of rotatable bonds is 5. The number of hydrogen-bond acceptors (Lipinski definition) is 5. The van der Waals surface area contributed by atoms with E-state index in [4.69, 9.17) is 10.5 Å². The van der Waals surface area contributed by atoms with Gasteiger partial charge >= 0.3 is 0 Å². The van der Waals surface area contributed by atoms with Crippen LogP contribution in [0.3, 0.4) is 0 Å². The van der Waals surface area contributed by atoms with Crippen LogP contribution in [0.4, 0.5) is 0 Å². The molecule has 0 atom stereocenters. The molecule has 1 aliphatic rings. The van der Waals surface area contributed by atoms with Crippen molar-refractivity contribution in [2.75, 3.05) is 13.2 Å². The lowest BCUT2D eigenvalue weighted by Crippen LogP contribution is -2.26. The highest BCUT2D eigenvalue weighted by Crippen LogP contribution is 2.21. The molecule has 0 radical (unpaired) electrons. The number of nitrogens with two attached hydrogens (primary N) is 1. The molecule has 24 heavy (non-hydrogen) atoms. The minimum atomic E-state index is -0.170. The van der Waals surface area contributed by atoms with Gasteiger partial charge < -0.3 is 20.4 Å². The highest BCUT2D eigenvalue weighted by molar-refractivity contribution is 5.94. The standard InChI is InChI=1S/C17H20N4O3/c1-11-19-15-10-21(9-14(15)16(22)20-11)17(23)12-3-5-13(6-4-12)24-8-2-7-18/h3-6H,2,7-10,18H2,1H3,(H,19,20,22). The average molecular weight is 328 g/mol. The summed E-state index contributed by atoms with van der Waals surface area (Å²) in [5.41, 5.74) is 7.05. The molecule has 0 saturated carbocycles. The molecule has 0 unspecified atom stereocenters. The number of aryl methyl sites for hydroxylation is 1. The van der Waals surface area contributed by atoms with Crippen LogP contribution in [0.2, 0.25) is 0 Å². The van der Waals surface area contributed by atoms with Crippen LogP contribution in [-0.4, -0.2) is 33.9 Å². The molecule has 0 bridgehead atoms. The van der Waals surface area contributed by atoms with E-state index in [-0.39, 0.29) is 18.0 Å². The van der Waals surface area contributed by atoms with Gasteiger partial charge in [0.25, 0.3) is 11.5 Å². The molecular weight excluding hydrogens is 308 g/mol. The van der Waals surface area contributed by atoms with Gasteiger partial charge in [-0.15, -0.1) is 0 Å². The average Bonchev–Trinajstić information content (AvgIpc) is 2.99. The van der Waals surface area contributed by atoms with Gasteiger partial charge in [0.1, 0.15) is 11.6 Å². The SMILES string of the molecule is Cc1nc2c(c(=O)[nH]1)CN(C(=O)c1ccc(OCCCN)cc1)C2. The van der Waals surface area contributed by atoms with E-state index in [0.29, 0.717) is 48.1 Å². The number of carbonyl (C=O) groups is 1. The zero-order valence-corrected chi connectivity index (χ0v) is 13.5. The van der Waals surface area contributed by atoms with Gasteiger partial charge in [-0.2, -0.15) is 0 Å². The number of benzene rings is 1. The normalized spacial score (nSPS) is 13.0. The van der Waals surface area contributed by atoms with Gasteiger partial charge in [0.15, 0.2) is 0 Å². The first kappa shape index (κ1) is 16.2. The fourth-order valence-electron chi connectivity index (χ4n) is 2.68. The Bertz CT molecular complexity index is 798. The summed E-state index contributed by atoms with van der Waals surface area (Å²) < 4.78 is 5.53. The number of ether oxygens (including phenoxy) is 1. The third-order valence-electron chi connectivity index (χ3n) is 3.91. The van der Waals surface area contributed by atoms with Crippen molar-refractivity contribution in [3.05, 3.63) is 57.3 Å². The lowest BCUT2D eigenvalue weighted by molar-refractivity contribution is 0.0750. The second-order valence-corrected chi connectivity index (χ2v) is 5.75. The summed E-state index contributed by atoms with van der Waals surface area (Å²) in [6.45, 7) is 3.51. The van der Waals surface area contributed by atoms with Crippen LogP contribution in [0.1, 0.15) is 33.9 Å². The van der Waals surface area contributed by atoms with Gasteiger partial charge in [0, 0.05) is 5.56 Å². The Morgan fingerprint density at radius 2 is 2.08 bits per heavy atom. The van der Waals surface area contributed by atoms with Crippen LogP contribution in [0.15, 0.2) is 29.1 Å². The third-order valence-corrected chi connectivity index (χ3v) is 3.91. The van der Waals surface area contributed by atoms with Crippen LogP contribution in [0.25, 0.3) is 0 Å². The summed E-state index contributed by atoms with van der Waals surface area (Å²) >= 11 is 0. The van der Waals surface area contributed by atoms with Crippen LogP contribution in [0.5, 0.6) is 5.75 Å². The van der Waals surface area contributed by atoms with Gasteiger partial charge in [0.05, 0.1) is 31.0 Å². The topological polar surface area (TPSA) is 101 Å². The fourth-order valence-corrected chi connectivity index (χ4v) is 2.68. The van der Waals surface area contributed by atoms with Gasteiger partial charge in [-0.25, -0.2) is 4.98 Å². The molecule has 1 aliphatic heterocycles. The Morgan fingerprint density at radius 3 is 2.79 bits per heavy atom. The summed E-state index contributed by atoms with van der Waals surface area (Å²) in [6, 6.07) is 6.99. The van der Waals surface area contributed by atoms with E-state index in [1.807, 2.05) is 0 Å². The molecule has 1 aromatic carbocycles. The van der Waals surface area contributed by atoms with Crippen molar-refractivity contribution in [3.63, 3.8) is 0 Å². The molecule has 2 aromatic rings. The minimum Gasteiger partial charge on any atom is -0.494 e. The largest absolute Gasteiger partial charge is 0.494 e. The highest BCUT2D eigenvalue weighted by Gasteiger charge is 2.27. The number of carbonyl (C=O) groups excluding carboxylic acids is 1. The smallest absolute Gasteiger partial charge is 0.256 e. The van der Waals surface area contributed by atoms with Crippen LogP contribution >= 0.6 is 0 Å². The molecule has 0 spiro atoms. The first-order valence-corrected chi connectivity index (χ1v) is 7.89. The lowest BCUT2D eigenvalue weighted by atomic mass is 10.2. The van der Waals surface area contributed by atoms with Gasteiger partial charge in [-0.05, 0) is 44.2 Å². The summed E-state index contributed by atoms with van der Waals surface area (Å²) in [4.78, 5) is 33.2. The third kappa shape index (κ3) is 3.30. The molecule has 0 fully saturated rings. The van der Waals surface area contributed by atoms with E-state index >= 15 is 0 Å². The van der Waals surface area contributed by atoms with Crippen molar-refractivity contribution < 1.29 is 9.53 Å². The zero-order valence-electron chi connectivity index (χ0n) is 13.5. The molecule has 3 N–H and O–H groups in total. The van der Waals surface area contributed by atoms with E-state index < -0.39 is 0 Å². The van der Waals surface area contributed by atoms with E-state index in [9.17, 15) is 9.59 Å². The predicted molar refractivity (Wildman–Crippen MR) is 88.8 cm³/mol. The monoisotopic (exact) mass is 328 g/mol. The highest BCUT2D eigenvalue weighted by atomic mass is 16.5. The number of nitrogens with one attached hydrogen (secondary N) is 1. The number of aromatic nitrogens is 2. The second kappa shape index (κ2) is 6.84. The maximum Gasteiger partial charge on any atom is 0.256 e. The molecule has 1 amide bonds. The van der Waals surface area contributed by atoms with Crippen molar-refractivity contribution >= 4 is 5.91 Å². The Balaban J connectivity index is 1.69. The first-order chi connectivity index (χ1) is 11.6. The van der Waals surface area contributed by atoms with Crippen LogP contribution in [0, 0.1) is 6.92 Å². The van der Waals surface area contributed by atoms with E-state index in [1.54, 1.807) is 36.1 Å². The minimum absolute atomic E-state index is 0.126. The van der Waals surface area contributed by atoms with Crippen molar-refractivity contribution in [1.82, 2.24) is 14.9 Å². The summed E-state index contributed by atoms with van der Waals surface area (Å²) in [5.74, 6) is 1.14. The Labute approximate surface area is 139 Å². The summed E-state index contributed by atoms with van der Waals surface area (Å²) in [5, 5.41) is 0. The number of H-pyrrole nitrogens is 1. The van der Waals surface area contributed by atoms with Crippen LogP contribution < -0.4 is 16.0 Å². The lowest BCUT2D eigenvalue weighted by Gasteiger charge is -2.15. The van der Waals surface area contributed by atoms with Crippen molar-refractivity contribution in [3.8, 4) is 5.75 Å². The predicted octanol–water partition coefficient (Wildman–Crippen LogP) is 0.962. The zero-order chi connectivity index (χ0) is 17.1. The molecule has 0 saturated heterocycles. The number of amides is 1. The number of aromatic amines is 1. The molecule has 7 nitrogen and oxygen atoms in total. The second-order valence-electron chi connectivity index (χ2n) is 5.75. The van der Waals surface area contributed by atoms with Gasteiger partial charge in [-0.3, -0.25) is 9.59 Å². The maximum absolute atomic E-state index is 12.6. The maximum atomic E-state index is 12.6. The van der Waals surface area contributed by atoms with E-state index in [1.165, 1.54) is 0 Å². The first-order valence-electron chi connectivity index (χ1n) is 7.89. The summed E-state index contributed by atoms with van der Waals surface area (Å²) in [6.07, 6.45) is 0.785. The molecule has 3 rings (SSSR count). The summed E-state index contributed by atoms with van der Waals surface area (Å²) in [7, 11) is 0.